The summed E-state index contributed by atoms with van der Waals surface area (Å²) >= 11 is 11.6. The SMILES string of the molecule is CS(=O)(=O)CCCC(=O)c1cc(Cl)ccc1Cl. The van der Waals surface area contributed by atoms with Crippen molar-refractivity contribution in [2.45, 2.75) is 12.8 Å². The third-order valence-electron chi connectivity index (χ3n) is 2.15. The Bertz CT molecular complexity index is 524. The second-order valence-electron chi connectivity index (χ2n) is 3.78. The summed E-state index contributed by atoms with van der Waals surface area (Å²) in [4.78, 5) is 11.8. The van der Waals surface area contributed by atoms with Crippen LogP contribution in [-0.4, -0.2) is 26.2 Å². The van der Waals surface area contributed by atoms with Crippen LogP contribution in [0, 0.1) is 0 Å². The summed E-state index contributed by atoms with van der Waals surface area (Å²) in [6, 6.07) is 4.64. The standard InChI is InChI=1S/C11H12Cl2O3S/c1-17(15,16)6-2-3-11(14)9-7-8(12)4-5-10(9)13/h4-5,7H,2-3,6H2,1H3. The normalized spacial score (nSPS) is 11.5. The van der Waals surface area contributed by atoms with E-state index in [9.17, 15) is 13.2 Å². The first-order valence-corrected chi connectivity index (χ1v) is 7.77. The third kappa shape index (κ3) is 5.06. The number of sulfone groups is 1. The third-order valence-corrected chi connectivity index (χ3v) is 3.74. The maximum Gasteiger partial charge on any atom is 0.164 e. The lowest BCUT2D eigenvalue weighted by atomic mass is 10.1. The van der Waals surface area contributed by atoms with Crippen LogP contribution in [0.4, 0.5) is 0 Å². The van der Waals surface area contributed by atoms with Gasteiger partial charge in [0.1, 0.15) is 9.84 Å². The fourth-order valence-electron chi connectivity index (χ4n) is 1.34. The van der Waals surface area contributed by atoms with E-state index in [-0.39, 0.29) is 18.0 Å². The van der Waals surface area contributed by atoms with Crippen molar-refractivity contribution in [3.63, 3.8) is 0 Å². The fraction of sp³-hybridized carbons (Fsp3) is 0.364. The topological polar surface area (TPSA) is 51.2 Å². The number of Topliss-reactive ketones (excluding diaryl/α,β-unsaturated/α-hetero) is 1. The predicted octanol–water partition coefficient (Wildman–Crippen LogP) is 3.00. The molecule has 1 aromatic rings. The van der Waals surface area contributed by atoms with Gasteiger partial charge in [-0.05, 0) is 24.6 Å². The highest BCUT2D eigenvalue weighted by atomic mass is 35.5. The Hall–Kier alpha value is -0.580. The number of halogens is 2. The number of carbonyl (C=O) groups is 1. The molecule has 0 atom stereocenters. The Labute approximate surface area is 111 Å². The molecule has 0 aliphatic rings. The summed E-state index contributed by atoms with van der Waals surface area (Å²) in [6.07, 6.45) is 1.58. The highest BCUT2D eigenvalue weighted by molar-refractivity contribution is 7.90. The van der Waals surface area contributed by atoms with Gasteiger partial charge in [-0.1, -0.05) is 23.2 Å². The summed E-state index contributed by atoms with van der Waals surface area (Å²) in [6.45, 7) is 0. The van der Waals surface area contributed by atoms with Gasteiger partial charge in [0.2, 0.25) is 0 Å². The number of ketones is 1. The van der Waals surface area contributed by atoms with Gasteiger partial charge in [-0.2, -0.15) is 0 Å². The average molecular weight is 295 g/mol. The second-order valence-corrected chi connectivity index (χ2v) is 6.88. The van der Waals surface area contributed by atoms with Crippen molar-refractivity contribution in [3.05, 3.63) is 33.8 Å². The lowest BCUT2D eigenvalue weighted by Crippen LogP contribution is -2.07. The predicted molar refractivity (Wildman–Crippen MR) is 69.7 cm³/mol. The van der Waals surface area contributed by atoms with Gasteiger partial charge in [-0.15, -0.1) is 0 Å². The zero-order valence-electron chi connectivity index (χ0n) is 9.24. The zero-order valence-corrected chi connectivity index (χ0v) is 11.6. The van der Waals surface area contributed by atoms with Crippen molar-refractivity contribution in [3.8, 4) is 0 Å². The van der Waals surface area contributed by atoms with Crippen molar-refractivity contribution in [1.82, 2.24) is 0 Å². The van der Waals surface area contributed by atoms with Crippen molar-refractivity contribution >= 4 is 38.8 Å². The monoisotopic (exact) mass is 294 g/mol. The number of hydrogen-bond acceptors (Lipinski definition) is 3. The van der Waals surface area contributed by atoms with Crippen LogP contribution in [0.15, 0.2) is 18.2 Å². The Balaban J connectivity index is 2.67. The molecule has 0 spiro atoms. The molecule has 0 aliphatic heterocycles. The molecule has 0 saturated heterocycles. The maximum atomic E-state index is 11.8. The van der Waals surface area contributed by atoms with E-state index in [1.165, 1.54) is 6.07 Å². The largest absolute Gasteiger partial charge is 0.294 e. The molecule has 6 heteroatoms. The van der Waals surface area contributed by atoms with Crippen molar-refractivity contribution in [2.24, 2.45) is 0 Å². The maximum absolute atomic E-state index is 11.8. The van der Waals surface area contributed by atoms with Gasteiger partial charge in [0, 0.05) is 23.3 Å². The van der Waals surface area contributed by atoms with Crippen LogP contribution in [0.2, 0.25) is 10.0 Å². The van der Waals surface area contributed by atoms with Crippen molar-refractivity contribution < 1.29 is 13.2 Å². The van der Waals surface area contributed by atoms with E-state index < -0.39 is 9.84 Å². The number of benzene rings is 1. The Morgan fingerprint density at radius 1 is 1.29 bits per heavy atom. The Kier molecular flexibility index (Phi) is 4.98. The summed E-state index contributed by atoms with van der Waals surface area (Å²) in [7, 11) is -3.03. The van der Waals surface area contributed by atoms with Crippen molar-refractivity contribution in [2.75, 3.05) is 12.0 Å². The second kappa shape index (κ2) is 5.85. The number of hydrogen-bond donors (Lipinski definition) is 0. The van der Waals surface area contributed by atoms with Crippen LogP contribution in [0.5, 0.6) is 0 Å². The molecule has 0 N–H and O–H groups in total. The molecule has 0 aromatic heterocycles. The van der Waals surface area contributed by atoms with Crippen LogP contribution in [0.25, 0.3) is 0 Å². The quantitative estimate of drug-likeness (QED) is 0.785. The van der Waals surface area contributed by atoms with Gasteiger partial charge >= 0.3 is 0 Å². The van der Waals surface area contributed by atoms with Crippen LogP contribution in [0.3, 0.4) is 0 Å². The molecular formula is C11H12Cl2O3S. The van der Waals surface area contributed by atoms with Crippen LogP contribution >= 0.6 is 23.2 Å². The Morgan fingerprint density at radius 2 is 1.94 bits per heavy atom. The van der Waals surface area contributed by atoms with Gasteiger partial charge in [0.15, 0.2) is 5.78 Å². The summed E-state index contributed by atoms with van der Waals surface area (Å²) in [5, 5.41) is 0.764. The number of carbonyl (C=O) groups excluding carboxylic acids is 1. The highest BCUT2D eigenvalue weighted by Crippen LogP contribution is 2.22. The molecule has 0 radical (unpaired) electrons. The van der Waals surface area contributed by atoms with E-state index in [0.717, 1.165) is 6.26 Å². The van der Waals surface area contributed by atoms with E-state index in [4.69, 9.17) is 23.2 Å². The van der Waals surface area contributed by atoms with Crippen LogP contribution in [-0.2, 0) is 9.84 Å². The first-order chi connectivity index (χ1) is 7.79. The van der Waals surface area contributed by atoms with E-state index in [1.54, 1.807) is 12.1 Å². The molecule has 94 valence electrons. The van der Waals surface area contributed by atoms with Gasteiger partial charge < -0.3 is 0 Å². The van der Waals surface area contributed by atoms with Gasteiger partial charge in [0.25, 0.3) is 0 Å². The summed E-state index contributed by atoms with van der Waals surface area (Å²) < 4.78 is 21.8. The minimum absolute atomic E-state index is 0.00305. The molecular weight excluding hydrogens is 283 g/mol. The van der Waals surface area contributed by atoms with Gasteiger partial charge in [0.05, 0.1) is 10.8 Å². The molecule has 17 heavy (non-hydrogen) atoms. The molecule has 3 nitrogen and oxygen atoms in total. The molecule has 0 fully saturated rings. The molecule has 0 heterocycles. The molecule has 0 aliphatic carbocycles. The van der Waals surface area contributed by atoms with Gasteiger partial charge in [-0.3, -0.25) is 4.79 Å². The van der Waals surface area contributed by atoms with E-state index in [2.05, 4.69) is 0 Å². The van der Waals surface area contributed by atoms with E-state index in [1.807, 2.05) is 0 Å². The fourth-order valence-corrected chi connectivity index (χ4v) is 2.40. The van der Waals surface area contributed by atoms with Crippen LogP contribution in [0.1, 0.15) is 23.2 Å². The average Bonchev–Trinajstić information content (AvgIpc) is 2.19. The van der Waals surface area contributed by atoms with E-state index in [0.29, 0.717) is 22.0 Å². The molecule has 1 aromatic carbocycles. The molecule has 0 amide bonds. The van der Waals surface area contributed by atoms with Crippen LogP contribution < -0.4 is 0 Å². The molecule has 1 rings (SSSR count). The number of rotatable bonds is 5. The molecule has 0 bridgehead atoms. The molecule has 0 saturated carbocycles. The lowest BCUT2D eigenvalue weighted by molar-refractivity contribution is 0.0982. The van der Waals surface area contributed by atoms with E-state index >= 15 is 0 Å². The minimum Gasteiger partial charge on any atom is -0.294 e. The Morgan fingerprint density at radius 3 is 2.53 bits per heavy atom. The summed E-state index contributed by atoms with van der Waals surface area (Å²) in [5.74, 6) is -0.196. The van der Waals surface area contributed by atoms with Crippen molar-refractivity contribution in [1.29, 1.82) is 0 Å². The first-order valence-electron chi connectivity index (χ1n) is 4.95. The minimum atomic E-state index is -3.03. The van der Waals surface area contributed by atoms with Gasteiger partial charge in [-0.25, -0.2) is 8.42 Å². The smallest absolute Gasteiger partial charge is 0.164 e. The first kappa shape index (κ1) is 14.5. The zero-order chi connectivity index (χ0) is 13.1. The lowest BCUT2D eigenvalue weighted by Gasteiger charge is -2.03. The highest BCUT2D eigenvalue weighted by Gasteiger charge is 2.12. The molecule has 0 unspecified atom stereocenters. The summed E-state index contributed by atoms with van der Waals surface area (Å²) in [5.41, 5.74) is 0.340.